The Hall–Kier alpha value is -1.14. The third-order valence-corrected chi connectivity index (χ3v) is 4.56. The number of piperidine rings is 1. The lowest BCUT2D eigenvalue weighted by molar-refractivity contribution is 0.0678. The number of hydrogen-bond donors (Lipinski definition) is 1. The van der Waals surface area contributed by atoms with Crippen molar-refractivity contribution in [3.05, 3.63) is 22.8 Å². The second-order valence-electron chi connectivity index (χ2n) is 5.42. The van der Waals surface area contributed by atoms with Crippen LogP contribution < -0.4 is 5.32 Å². The van der Waals surface area contributed by atoms with Crippen LogP contribution in [0.2, 0.25) is 0 Å². The van der Waals surface area contributed by atoms with Gasteiger partial charge in [-0.15, -0.1) is 0 Å². The van der Waals surface area contributed by atoms with Gasteiger partial charge in [0.25, 0.3) is 0 Å². The molecule has 0 aromatic carbocycles. The molecule has 1 N–H and O–H groups in total. The van der Waals surface area contributed by atoms with E-state index in [0.717, 1.165) is 24.1 Å². The molecule has 2 fully saturated rings. The van der Waals surface area contributed by atoms with E-state index in [1.807, 2.05) is 11.0 Å². The number of nitrogens with zero attached hydrogens (tertiary/aromatic N) is 3. The monoisotopic (exact) mass is 338 g/mol. The predicted octanol–water partition coefficient (Wildman–Crippen LogP) is 2.55. The second kappa shape index (κ2) is 6.10. The molecule has 20 heavy (non-hydrogen) atoms. The summed E-state index contributed by atoms with van der Waals surface area (Å²) in [5, 5.41) is 2.87. The molecule has 0 bridgehead atoms. The number of urea groups is 1. The van der Waals surface area contributed by atoms with Crippen LogP contribution in [0.15, 0.2) is 22.8 Å². The van der Waals surface area contributed by atoms with Crippen LogP contribution in [0, 0.1) is 0 Å². The van der Waals surface area contributed by atoms with E-state index in [-0.39, 0.29) is 6.03 Å². The second-order valence-corrected chi connectivity index (χ2v) is 6.34. The van der Waals surface area contributed by atoms with Crippen LogP contribution in [0.3, 0.4) is 0 Å². The van der Waals surface area contributed by atoms with Crippen molar-refractivity contribution in [1.82, 2.24) is 14.8 Å². The van der Waals surface area contributed by atoms with Crippen molar-refractivity contribution in [3.63, 3.8) is 0 Å². The van der Waals surface area contributed by atoms with Gasteiger partial charge in [-0.1, -0.05) is 6.42 Å². The highest BCUT2D eigenvalue weighted by molar-refractivity contribution is 9.10. The highest BCUT2D eigenvalue weighted by Gasteiger charge is 2.30. The fourth-order valence-corrected chi connectivity index (χ4v) is 3.21. The SMILES string of the molecule is O=C(Nc1ccc(Br)cn1)N1CCN2CCCC[C@@H]2C1. The van der Waals surface area contributed by atoms with Crippen molar-refractivity contribution in [3.8, 4) is 0 Å². The summed E-state index contributed by atoms with van der Waals surface area (Å²) in [4.78, 5) is 20.9. The van der Waals surface area contributed by atoms with E-state index in [1.165, 1.54) is 25.8 Å². The number of carbonyl (C=O) groups is 1. The minimum Gasteiger partial charge on any atom is -0.322 e. The predicted molar refractivity (Wildman–Crippen MR) is 81.7 cm³/mol. The topological polar surface area (TPSA) is 48.5 Å². The number of fused-ring (bicyclic) bond motifs is 1. The first-order chi connectivity index (χ1) is 9.72. The summed E-state index contributed by atoms with van der Waals surface area (Å²) in [6.07, 6.45) is 5.48. The first kappa shape index (κ1) is 13.8. The number of amides is 2. The molecule has 3 rings (SSSR count). The van der Waals surface area contributed by atoms with Gasteiger partial charge in [-0.25, -0.2) is 9.78 Å². The normalized spacial score (nSPS) is 23.2. The summed E-state index contributed by atoms with van der Waals surface area (Å²) in [6.45, 7) is 3.82. The summed E-state index contributed by atoms with van der Waals surface area (Å²) in [5.74, 6) is 0.601. The minimum absolute atomic E-state index is 0.0370. The summed E-state index contributed by atoms with van der Waals surface area (Å²) >= 11 is 3.34. The van der Waals surface area contributed by atoms with E-state index in [0.29, 0.717) is 11.9 Å². The minimum atomic E-state index is -0.0370. The van der Waals surface area contributed by atoms with Gasteiger partial charge < -0.3 is 4.90 Å². The van der Waals surface area contributed by atoms with E-state index in [2.05, 4.69) is 31.1 Å². The maximum absolute atomic E-state index is 12.3. The van der Waals surface area contributed by atoms with Crippen LogP contribution in [0.1, 0.15) is 19.3 Å². The average Bonchev–Trinajstić information content (AvgIpc) is 2.49. The first-order valence-electron chi connectivity index (χ1n) is 7.14. The number of carbonyl (C=O) groups excluding carboxylic acids is 1. The molecule has 0 saturated carbocycles. The Kier molecular flexibility index (Phi) is 4.21. The summed E-state index contributed by atoms with van der Waals surface area (Å²) < 4.78 is 0.909. The maximum atomic E-state index is 12.3. The molecule has 2 saturated heterocycles. The molecule has 1 aromatic rings. The van der Waals surface area contributed by atoms with E-state index >= 15 is 0 Å². The quantitative estimate of drug-likeness (QED) is 0.855. The lowest BCUT2D eigenvalue weighted by Gasteiger charge is -2.43. The Balaban J connectivity index is 1.58. The van der Waals surface area contributed by atoms with Crippen molar-refractivity contribution >= 4 is 27.8 Å². The highest BCUT2D eigenvalue weighted by atomic mass is 79.9. The molecule has 1 aromatic heterocycles. The van der Waals surface area contributed by atoms with Crippen LogP contribution >= 0.6 is 15.9 Å². The smallest absolute Gasteiger partial charge is 0.322 e. The lowest BCUT2D eigenvalue weighted by Crippen LogP contribution is -2.56. The maximum Gasteiger partial charge on any atom is 0.323 e. The van der Waals surface area contributed by atoms with Crippen LogP contribution in [0.25, 0.3) is 0 Å². The van der Waals surface area contributed by atoms with Crippen LogP contribution in [0.5, 0.6) is 0 Å². The van der Waals surface area contributed by atoms with Crippen molar-refractivity contribution < 1.29 is 4.79 Å². The molecule has 108 valence electrons. The lowest BCUT2D eigenvalue weighted by atomic mass is 10.00. The molecule has 0 spiro atoms. The van der Waals surface area contributed by atoms with Gasteiger partial charge in [-0.3, -0.25) is 10.2 Å². The van der Waals surface area contributed by atoms with E-state index in [9.17, 15) is 4.79 Å². The van der Waals surface area contributed by atoms with Crippen molar-refractivity contribution in [1.29, 1.82) is 0 Å². The molecule has 0 unspecified atom stereocenters. The van der Waals surface area contributed by atoms with Crippen LogP contribution in [-0.2, 0) is 0 Å². The molecule has 2 amide bonds. The number of halogens is 1. The van der Waals surface area contributed by atoms with Gasteiger partial charge in [-0.05, 0) is 47.4 Å². The Morgan fingerprint density at radius 3 is 3.00 bits per heavy atom. The van der Waals surface area contributed by atoms with Crippen LogP contribution in [-0.4, -0.2) is 53.0 Å². The number of pyridine rings is 1. The number of nitrogens with one attached hydrogen (secondary N) is 1. The fourth-order valence-electron chi connectivity index (χ4n) is 2.98. The molecule has 1 atom stereocenters. The summed E-state index contributed by atoms with van der Waals surface area (Å²) in [6, 6.07) is 4.19. The molecule has 0 aliphatic carbocycles. The molecule has 6 heteroatoms. The Morgan fingerprint density at radius 2 is 2.20 bits per heavy atom. The van der Waals surface area contributed by atoms with Crippen LogP contribution in [0.4, 0.5) is 10.6 Å². The molecular weight excluding hydrogens is 320 g/mol. The summed E-state index contributed by atoms with van der Waals surface area (Å²) in [7, 11) is 0. The largest absolute Gasteiger partial charge is 0.323 e. The van der Waals surface area contributed by atoms with Gasteiger partial charge in [0.1, 0.15) is 5.82 Å². The van der Waals surface area contributed by atoms with Gasteiger partial charge >= 0.3 is 6.03 Å². The molecule has 0 radical (unpaired) electrons. The van der Waals surface area contributed by atoms with Gasteiger partial charge in [0.2, 0.25) is 0 Å². The third-order valence-electron chi connectivity index (χ3n) is 4.09. The Labute approximate surface area is 127 Å². The Morgan fingerprint density at radius 1 is 1.30 bits per heavy atom. The standard InChI is InChI=1S/C14H19BrN4O/c15-11-4-5-13(16-9-11)17-14(20)19-8-7-18-6-2-1-3-12(18)10-19/h4-5,9,12H,1-3,6-8,10H2,(H,16,17,20)/t12-/m1/s1. The zero-order valence-electron chi connectivity index (χ0n) is 11.4. The zero-order valence-corrected chi connectivity index (χ0v) is 13.0. The van der Waals surface area contributed by atoms with Gasteiger partial charge in [0.15, 0.2) is 0 Å². The first-order valence-corrected chi connectivity index (χ1v) is 7.93. The van der Waals surface area contributed by atoms with Gasteiger partial charge in [-0.2, -0.15) is 0 Å². The number of hydrogen-bond acceptors (Lipinski definition) is 3. The number of anilines is 1. The molecule has 2 aliphatic heterocycles. The van der Waals surface area contributed by atoms with Gasteiger partial charge in [0, 0.05) is 36.3 Å². The fraction of sp³-hybridized carbons (Fsp3) is 0.571. The zero-order chi connectivity index (χ0) is 13.9. The number of rotatable bonds is 1. The molecule has 2 aliphatic rings. The Bertz CT molecular complexity index is 479. The van der Waals surface area contributed by atoms with Crippen molar-refractivity contribution in [2.45, 2.75) is 25.3 Å². The third kappa shape index (κ3) is 3.12. The van der Waals surface area contributed by atoms with Gasteiger partial charge in [0.05, 0.1) is 0 Å². The molecule has 3 heterocycles. The van der Waals surface area contributed by atoms with E-state index in [1.54, 1.807) is 12.3 Å². The highest BCUT2D eigenvalue weighted by Crippen LogP contribution is 2.21. The van der Waals surface area contributed by atoms with E-state index < -0.39 is 0 Å². The number of piperazine rings is 1. The van der Waals surface area contributed by atoms with Crippen molar-refractivity contribution in [2.24, 2.45) is 0 Å². The van der Waals surface area contributed by atoms with E-state index in [4.69, 9.17) is 0 Å². The molecule has 5 nitrogen and oxygen atoms in total. The van der Waals surface area contributed by atoms with Crippen molar-refractivity contribution in [2.75, 3.05) is 31.5 Å². The number of aromatic nitrogens is 1. The molecular formula is C14H19BrN4O. The average molecular weight is 339 g/mol. The summed E-state index contributed by atoms with van der Waals surface area (Å²) in [5.41, 5.74) is 0.